The second-order valence-electron chi connectivity index (χ2n) is 7.09. The van der Waals surface area contributed by atoms with Gasteiger partial charge in [-0.2, -0.15) is 0 Å². The molecule has 110 valence electrons. The number of nitrogens with one attached hydrogen (secondary N) is 1. The van der Waals surface area contributed by atoms with Crippen LogP contribution in [0.2, 0.25) is 0 Å². The number of hydrogen-bond acceptors (Lipinski definition) is 4. The van der Waals surface area contributed by atoms with Crippen LogP contribution in [0.4, 0.5) is 5.82 Å². The fourth-order valence-corrected chi connectivity index (χ4v) is 3.12. The first-order valence-corrected chi connectivity index (χ1v) is 7.32. The fraction of sp³-hybridized carbons (Fsp3) is 0.733. The van der Waals surface area contributed by atoms with Gasteiger partial charge >= 0.3 is 0 Å². The van der Waals surface area contributed by atoms with Crippen LogP contribution in [0.25, 0.3) is 0 Å². The SMILES string of the molecule is CC1(C)CC(Nc2nccn(C3CC3)c2=O)C(C)(C)O1. The third-order valence-electron chi connectivity index (χ3n) is 4.19. The Labute approximate surface area is 119 Å². The van der Waals surface area contributed by atoms with E-state index < -0.39 is 0 Å². The first kappa shape index (κ1) is 13.6. The molecular formula is C15H23N3O2. The van der Waals surface area contributed by atoms with Gasteiger partial charge in [0.15, 0.2) is 5.82 Å². The molecule has 1 saturated heterocycles. The Morgan fingerprint density at radius 1 is 1.35 bits per heavy atom. The zero-order chi connectivity index (χ0) is 14.5. The summed E-state index contributed by atoms with van der Waals surface area (Å²) in [5.41, 5.74) is -0.501. The highest BCUT2D eigenvalue weighted by atomic mass is 16.5. The second kappa shape index (κ2) is 4.32. The zero-order valence-corrected chi connectivity index (χ0v) is 12.6. The molecule has 1 aromatic heterocycles. The van der Waals surface area contributed by atoms with Crippen LogP contribution in [0.15, 0.2) is 17.2 Å². The van der Waals surface area contributed by atoms with E-state index in [-0.39, 0.29) is 22.8 Å². The molecule has 0 amide bonds. The molecule has 0 aromatic carbocycles. The highest BCUT2D eigenvalue weighted by Gasteiger charge is 2.46. The predicted octanol–water partition coefficient (Wildman–Crippen LogP) is 2.34. The smallest absolute Gasteiger partial charge is 0.293 e. The van der Waals surface area contributed by atoms with Gasteiger partial charge < -0.3 is 14.6 Å². The van der Waals surface area contributed by atoms with Crippen LogP contribution >= 0.6 is 0 Å². The molecule has 2 fully saturated rings. The molecule has 3 rings (SSSR count). The summed E-state index contributed by atoms with van der Waals surface area (Å²) in [6.07, 6.45) is 6.53. The van der Waals surface area contributed by atoms with Crippen molar-refractivity contribution in [3.63, 3.8) is 0 Å². The molecular weight excluding hydrogens is 254 g/mol. The molecule has 0 radical (unpaired) electrons. The van der Waals surface area contributed by atoms with Gasteiger partial charge in [-0.25, -0.2) is 4.98 Å². The van der Waals surface area contributed by atoms with E-state index in [0.717, 1.165) is 19.3 Å². The summed E-state index contributed by atoms with van der Waals surface area (Å²) < 4.78 is 7.85. The van der Waals surface area contributed by atoms with E-state index in [0.29, 0.717) is 11.9 Å². The maximum Gasteiger partial charge on any atom is 0.293 e. The Bertz CT molecular complexity index is 573. The van der Waals surface area contributed by atoms with Crippen molar-refractivity contribution in [1.82, 2.24) is 9.55 Å². The summed E-state index contributed by atoms with van der Waals surface area (Å²) in [6.45, 7) is 8.28. The van der Waals surface area contributed by atoms with Crippen LogP contribution in [0.5, 0.6) is 0 Å². The fourth-order valence-electron chi connectivity index (χ4n) is 3.12. The molecule has 2 aliphatic rings. The number of anilines is 1. The normalized spacial score (nSPS) is 27.5. The van der Waals surface area contributed by atoms with E-state index in [1.807, 2.05) is 0 Å². The van der Waals surface area contributed by atoms with Gasteiger partial charge in [-0.1, -0.05) is 0 Å². The lowest BCUT2D eigenvalue weighted by atomic mass is 9.94. The van der Waals surface area contributed by atoms with Gasteiger partial charge in [0, 0.05) is 18.4 Å². The van der Waals surface area contributed by atoms with E-state index in [4.69, 9.17) is 4.74 Å². The number of aromatic nitrogens is 2. The van der Waals surface area contributed by atoms with Gasteiger partial charge in [-0.15, -0.1) is 0 Å². The first-order valence-electron chi connectivity index (χ1n) is 7.32. The maximum absolute atomic E-state index is 12.4. The van der Waals surface area contributed by atoms with E-state index in [2.05, 4.69) is 38.0 Å². The average molecular weight is 277 g/mol. The summed E-state index contributed by atoms with van der Waals surface area (Å²) in [6, 6.07) is 0.461. The lowest BCUT2D eigenvalue weighted by Crippen LogP contribution is -2.40. The number of ether oxygens (including phenoxy) is 1. The molecule has 2 heterocycles. The largest absolute Gasteiger partial charge is 0.367 e. The average Bonchev–Trinajstić information content (AvgIpc) is 3.09. The van der Waals surface area contributed by atoms with Crippen molar-refractivity contribution < 1.29 is 4.74 Å². The van der Waals surface area contributed by atoms with Crippen molar-refractivity contribution in [2.24, 2.45) is 0 Å². The van der Waals surface area contributed by atoms with Crippen molar-refractivity contribution >= 4 is 5.82 Å². The topological polar surface area (TPSA) is 56.2 Å². The summed E-state index contributed by atoms with van der Waals surface area (Å²) in [5, 5.41) is 3.31. The molecule has 1 aliphatic carbocycles. The Balaban J connectivity index is 1.85. The van der Waals surface area contributed by atoms with Crippen molar-refractivity contribution in [2.75, 3.05) is 5.32 Å². The van der Waals surface area contributed by atoms with E-state index >= 15 is 0 Å². The molecule has 20 heavy (non-hydrogen) atoms. The lowest BCUT2D eigenvalue weighted by Gasteiger charge is -2.27. The Morgan fingerprint density at radius 2 is 2.05 bits per heavy atom. The summed E-state index contributed by atoms with van der Waals surface area (Å²) in [7, 11) is 0. The Morgan fingerprint density at radius 3 is 2.60 bits per heavy atom. The van der Waals surface area contributed by atoms with Gasteiger partial charge in [-0.3, -0.25) is 4.79 Å². The monoisotopic (exact) mass is 277 g/mol. The molecule has 5 nitrogen and oxygen atoms in total. The molecule has 1 aromatic rings. The quantitative estimate of drug-likeness (QED) is 0.921. The van der Waals surface area contributed by atoms with Crippen molar-refractivity contribution in [2.45, 2.75) is 70.2 Å². The number of hydrogen-bond donors (Lipinski definition) is 1. The van der Waals surface area contributed by atoms with E-state index in [1.165, 1.54) is 0 Å². The molecule has 1 unspecified atom stereocenters. The molecule has 1 aliphatic heterocycles. The van der Waals surface area contributed by atoms with Crippen LogP contribution in [-0.2, 0) is 4.74 Å². The van der Waals surface area contributed by atoms with Crippen molar-refractivity contribution in [1.29, 1.82) is 0 Å². The minimum absolute atomic E-state index is 0.0180. The van der Waals surface area contributed by atoms with Gasteiger partial charge in [0.25, 0.3) is 5.56 Å². The molecule has 0 spiro atoms. The predicted molar refractivity (Wildman–Crippen MR) is 78.0 cm³/mol. The first-order chi connectivity index (χ1) is 9.28. The summed E-state index contributed by atoms with van der Waals surface area (Å²) in [5.74, 6) is 0.443. The van der Waals surface area contributed by atoms with Gasteiger partial charge in [-0.05, 0) is 47.0 Å². The lowest BCUT2D eigenvalue weighted by molar-refractivity contribution is -0.0662. The zero-order valence-electron chi connectivity index (χ0n) is 12.6. The van der Waals surface area contributed by atoms with Gasteiger partial charge in [0.2, 0.25) is 0 Å². The molecule has 5 heteroatoms. The molecule has 1 atom stereocenters. The van der Waals surface area contributed by atoms with Crippen LogP contribution in [-0.4, -0.2) is 26.8 Å². The van der Waals surface area contributed by atoms with Crippen LogP contribution in [0, 0.1) is 0 Å². The minimum atomic E-state index is -0.308. The van der Waals surface area contributed by atoms with Crippen molar-refractivity contribution in [3.05, 3.63) is 22.7 Å². The molecule has 0 bridgehead atoms. The molecule has 1 N–H and O–H groups in total. The summed E-state index contributed by atoms with van der Waals surface area (Å²) >= 11 is 0. The number of rotatable bonds is 3. The Kier molecular flexibility index (Phi) is 2.94. The van der Waals surface area contributed by atoms with E-state index in [1.54, 1.807) is 17.0 Å². The number of nitrogens with zero attached hydrogens (tertiary/aromatic N) is 2. The minimum Gasteiger partial charge on any atom is -0.367 e. The second-order valence-corrected chi connectivity index (χ2v) is 7.09. The third-order valence-corrected chi connectivity index (χ3v) is 4.19. The standard InChI is InChI=1S/C15H23N3O2/c1-14(2)9-11(15(3,4)20-14)17-12-13(19)18(8-7-16-12)10-5-6-10/h7-8,10-11H,5-6,9H2,1-4H3,(H,16,17). The maximum atomic E-state index is 12.4. The van der Waals surface area contributed by atoms with Crippen LogP contribution < -0.4 is 10.9 Å². The highest BCUT2D eigenvalue weighted by Crippen LogP contribution is 2.38. The van der Waals surface area contributed by atoms with Gasteiger partial charge in [0.05, 0.1) is 17.2 Å². The van der Waals surface area contributed by atoms with Crippen LogP contribution in [0.1, 0.15) is 53.0 Å². The van der Waals surface area contributed by atoms with Gasteiger partial charge in [0.1, 0.15) is 0 Å². The highest BCUT2D eigenvalue weighted by molar-refractivity contribution is 5.35. The van der Waals surface area contributed by atoms with Crippen molar-refractivity contribution in [3.8, 4) is 0 Å². The van der Waals surface area contributed by atoms with Crippen LogP contribution in [0.3, 0.4) is 0 Å². The van der Waals surface area contributed by atoms with E-state index in [9.17, 15) is 4.79 Å². The summed E-state index contributed by atoms with van der Waals surface area (Å²) in [4.78, 5) is 16.6. The molecule has 1 saturated carbocycles. The third kappa shape index (κ3) is 2.46. The Hall–Kier alpha value is -1.36.